The summed E-state index contributed by atoms with van der Waals surface area (Å²) in [5, 5.41) is 10.1. The summed E-state index contributed by atoms with van der Waals surface area (Å²) in [6.45, 7) is 5.10. The number of hydrogen-bond acceptors (Lipinski definition) is 1. The van der Waals surface area contributed by atoms with Gasteiger partial charge < -0.3 is 9.67 Å². The number of aliphatic carboxylic acids is 1. The van der Waals surface area contributed by atoms with Crippen LogP contribution in [0, 0.1) is 0 Å². The first-order valence-corrected chi connectivity index (χ1v) is 8.81. The van der Waals surface area contributed by atoms with E-state index < -0.39 is 5.97 Å². The maximum absolute atomic E-state index is 11.1. The molecule has 0 fully saturated rings. The molecule has 0 aliphatic rings. The van der Waals surface area contributed by atoms with E-state index in [2.05, 4.69) is 58.6 Å². The number of aromatic nitrogens is 1. The van der Waals surface area contributed by atoms with Gasteiger partial charge in [-0.1, -0.05) is 54.0 Å². The van der Waals surface area contributed by atoms with Gasteiger partial charge >= 0.3 is 5.97 Å². The molecule has 1 heterocycles. The number of halogens is 1. The number of nitrogens with zero attached hydrogens (tertiary/aromatic N) is 1. The van der Waals surface area contributed by atoms with Crippen LogP contribution in [-0.2, 0) is 17.8 Å². The highest BCUT2D eigenvalue weighted by atomic mass is 79.9. The van der Waals surface area contributed by atoms with Crippen molar-refractivity contribution in [2.24, 2.45) is 0 Å². The van der Waals surface area contributed by atoms with Gasteiger partial charge in [0.25, 0.3) is 0 Å². The van der Waals surface area contributed by atoms with Crippen molar-refractivity contribution in [3.8, 4) is 0 Å². The Morgan fingerprint density at radius 3 is 2.50 bits per heavy atom. The number of rotatable bonds is 5. The SMILES string of the molecule is CC(C)c1ccc(Cn2cc(CC(=O)O)c3cc(Br)ccc32)cc1. The summed E-state index contributed by atoms with van der Waals surface area (Å²) in [6, 6.07) is 14.7. The number of fused-ring (bicyclic) bond motifs is 1. The molecule has 0 amide bonds. The molecule has 0 bridgehead atoms. The van der Waals surface area contributed by atoms with Crippen LogP contribution in [0.1, 0.15) is 36.5 Å². The van der Waals surface area contributed by atoms with Crippen molar-refractivity contribution in [2.75, 3.05) is 0 Å². The number of carbonyl (C=O) groups is 1. The summed E-state index contributed by atoms with van der Waals surface area (Å²) in [5.74, 6) is -0.290. The maximum atomic E-state index is 11.1. The van der Waals surface area contributed by atoms with E-state index in [-0.39, 0.29) is 6.42 Å². The molecule has 0 saturated heterocycles. The Kier molecular flexibility index (Phi) is 4.76. The van der Waals surface area contributed by atoms with Gasteiger partial charge in [-0.05, 0) is 40.8 Å². The first-order valence-electron chi connectivity index (χ1n) is 8.02. The Morgan fingerprint density at radius 2 is 1.88 bits per heavy atom. The molecule has 1 aromatic heterocycles. The molecule has 1 N–H and O–H groups in total. The molecule has 4 heteroatoms. The summed E-state index contributed by atoms with van der Waals surface area (Å²) in [7, 11) is 0. The summed E-state index contributed by atoms with van der Waals surface area (Å²) >= 11 is 3.47. The fraction of sp³-hybridized carbons (Fsp3) is 0.250. The lowest BCUT2D eigenvalue weighted by Gasteiger charge is -2.09. The topological polar surface area (TPSA) is 42.2 Å². The van der Waals surface area contributed by atoms with E-state index in [0.717, 1.165) is 27.5 Å². The van der Waals surface area contributed by atoms with Crippen molar-refractivity contribution in [3.63, 3.8) is 0 Å². The van der Waals surface area contributed by atoms with E-state index >= 15 is 0 Å². The van der Waals surface area contributed by atoms with Gasteiger partial charge in [0.05, 0.1) is 6.42 Å². The van der Waals surface area contributed by atoms with Crippen LogP contribution in [0.2, 0.25) is 0 Å². The highest BCUT2D eigenvalue weighted by Gasteiger charge is 2.12. The van der Waals surface area contributed by atoms with Crippen LogP contribution in [0.5, 0.6) is 0 Å². The van der Waals surface area contributed by atoms with Crippen LogP contribution < -0.4 is 0 Å². The van der Waals surface area contributed by atoms with Crippen LogP contribution in [0.3, 0.4) is 0 Å². The molecule has 0 saturated carbocycles. The monoisotopic (exact) mass is 385 g/mol. The van der Waals surface area contributed by atoms with Crippen molar-refractivity contribution in [1.29, 1.82) is 0 Å². The minimum Gasteiger partial charge on any atom is -0.481 e. The molecule has 2 aromatic carbocycles. The zero-order chi connectivity index (χ0) is 17.3. The molecular formula is C20H20BrNO2. The second kappa shape index (κ2) is 6.81. The highest BCUT2D eigenvalue weighted by molar-refractivity contribution is 9.10. The number of carboxylic acid groups (broad SMARTS) is 1. The van der Waals surface area contributed by atoms with Crippen LogP contribution in [-0.4, -0.2) is 15.6 Å². The van der Waals surface area contributed by atoms with E-state index in [4.69, 9.17) is 5.11 Å². The molecule has 0 aliphatic carbocycles. The molecule has 0 radical (unpaired) electrons. The maximum Gasteiger partial charge on any atom is 0.307 e. The van der Waals surface area contributed by atoms with Gasteiger partial charge in [-0.2, -0.15) is 0 Å². The summed E-state index contributed by atoms with van der Waals surface area (Å²) < 4.78 is 3.09. The van der Waals surface area contributed by atoms with Crippen molar-refractivity contribution >= 4 is 32.8 Å². The van der Waals surface area contributed by atoms with Gasteiger partial charge in [-0.25, -0.2) is 0 Å². The molecule has 0 unspecified atom stereocenters. The van der Waals surface area contributed by atoms with Crippen LogP contribution >= 0.6 is 15.9 Å². The Bertz CT molecular complexity index is 879. The number of benzene rings is 2. The second-order valence-electron chi connectivity index (χ2n) is 6.41. The smallest absolute Gasteiger partial charge is 0.307 e. The quantitative estimate of drug-likeness (QED) is 0.655. The minimum atomic E-state index is -0.810. The normalized spacial score (nSPS) is 11.3. The van der Waals surface area contributed by atoms with Crippen molar-refractivity contribution in [2.45, 2.75) is 32.7 Å². The average Bonchev–Trinajstić information content (AvgIpc) is 2.84. The minimum absolute atomic E-state index is 0.0340. The van der Waals surface area contributed by atoms with Crippen molar-refractivity contribution in [1.82, 2.24) is 4.57 Å². The van der Waals surface area contributed by atoms with E-state index in [1.165, 1.54) is 11.1 Å². The summed E-state index contributed by atoms with van der Waals surface area (Å²) in [4.78, 5) is 11.1. The molecule has 3 rings (SSSR count). The van der Waals surface area contributed by atoms with Gasteiger partial charge in [0, 0.05) is 28.1 Å². The summed E-state index contributed by atoms with van der Waals surface area (Å²) in [6.07, 6.45) is 1.99. The molecule has 0 aliphatic heterocycles. The fourth-order valence-electron chi connectivity index (χ4n) is 2.98. The lowest BCUT2D eigenvalue weighted by atomic mass is 10.0. The van der Waals surface area contributed by atoms with Gasteiger partial charge in [-0.15, -0.1) is 0 Å². The van der Waals surface area contributed by atoms with E-state index in [1.54, 1.807) is 0 Å². The highest BCUT2D eigenvalue weighted by Crippen LogP contribution is 2.27. The lowest BCUT2D eigenvalue weighted by Crippen LogP contribution is -2.00. The molecular weight excluding hydrogens is 366 g/mol. The van der Waals surface area contributed by atoms with E-state index in [9.17, 15) is 4.79 Å². The van der Waals surface area contributed by atoms with E-state index in [1.807, 2.05) is 24.4 Å². The Hall–Kier alpha value is -2.07. The Balaban J connectivity index is 1.98. The summed E-state index contributed by atoms with van der Waals surface area (Å²) in [5.41, 5.74) is 4.44. The average molecular weight is 386 g/mol. The van der Waals surface area contributed by atoms with Gasteiger partial charge in [-0.3, -0.25) is 4.79 Å². The Labute approximate surface area is 150 Å². The molecule has 3 aromatic rings. The first kappa shape index (κ1) is 16.8. The third kappa shape index (κ3) is 3.54. The van der Waals surface area contributed by atoms with Gasteiger partial charge in [0.2, 0.25) is 0 Å². The van der Waals surface area contributed by atoms with Gasteiger partial charge in [0.15, 0.2) is 0 Å². The Morgan fingerprint density at radius 1 is 1.17 bits per heavy atom. The van der Waals surface area contributed by atoms with E-state index in [0.29, 0.717) is 5.92 Å². The zero-order valence-corrected chi connectivity index (χ0v) is 15.4. The van der Waals surface area contributed by atoms with Gasteiger partial charge in [0.1, 0.15) is 0 Å². The largest absolute Gasteiger partial charge is 0.481 e. The molecule has 0 spiro atoms. The first-order chi connectivity index (χ1) is 11.4. The predicted molar refractivity (Wildman–Crippen MR) is 101 cm³/mol. The number of carboxylic acids is 1. The molecule has 0 atom stereocenters. The van der Waals surface area contributed by atoms with Crippen molar-refractivity contribution in [3.05, 3.63) is 69.8 Å². The second-order valence-corrected chi connectivity index (χ2v) is 7.33. The zero-order valence-electron chi connectivity index (χ0n) is 13.8. The third-order valence-electron chi connectivity index (χ3n) is 4.27. The van der Waals surface area contributed by atoms with Crippen LogP contribution in [0.15, 0.2) is 53.1 Å². The molecule has 124 valence electrons. The van der Waals surface area contributed by atoms with Crippen LogP contribution in [0.25, 0.3) is 10.9 Å². The number of hydrogen-bond donors (Lipinski definition) is 1. The standard InChI is InChI=1S/C20H20BrNO2/c1-13(2)15-5-3-14(4-6-15)11-22-12-16(9-20(23)24)18-10-17(21)7-8-19(18)22/h3-8,10,12-13H,9,11H2,1-2H3,(H,23,24). The fourth-order valence-corrected chi connectivity index (χ4v) is 3.34. The lowest BCUT2D eigenvalue weighted by molar-refractivity contribution is -0.136. The van der Waals surface area contributed by atoms with Crippen molar-refractivity contribution < 1.29 is 9.90 Å². The predicted octanol–water partition coefficient (Wildman–Crippen LogP) is 5.20. The third-order valence-corrected chi connectivity index (χ3v) is 4.76. The molecule has 3 nitrogen and oxygen atoms in total. The van der Waals surface area contributed by atoms with Crippen LogP contribution in [0.4, 0.5) is 0 Å². The molecule has 24 heavy (non-hydrogen) atoms.